The third-order valence-corrected chi connectivity index (χ3v) is 13.6. The summed E-state index contributed by atoms with van der Waals surface area (Å²) in [5.41, 5.74) is -0.560. The van der Waals surface area contributed by atoms with Crippen molar-refractivity contribution in [2.45, 2.75) is 33.4 Å². The maximum absolute atomic E-state index is 12.9. The SMILES string of the molecule is CC(=O)c1cc(Nc2nc(NCC(=O)O)nc(Nc3ccc(N=Nc4ccc(N=Nc5ccc(S(=O)(=O)O)cc5)cc4S(=O)(=O)O)c(C(C)=O)c3)n2)ccc1N=Nc1ccc(N=Nc2ccc(S(=O)(=O)O)cc2)cc1S(=O)(=O)O. The number of carbonyl (C=O) groups is 3. The first kappa shape index (κ1) is 57.3. The lowest BCUT2D eigenvalue weighted by Crippen LogP contribution is -2.16. The lowest BCUT2D eigenvalue weighted by atomic mass is 10.1. The van der Waals surface area contributed by atoms with Gasteiger partial charge in [0.15, 0.2) is 11.6 Å². The molecule has 7 rings (SSSR count). The van der Waals surface area contributed by atoms with E-state index in [0.717, 1.165) is 48.5 Å². The molecule has 0 saturated carbocycles. The number of aromatic nitrogens is 3. The molecule has 0 unspecified atom stereocenters. The molecule has 0 saturated heterocycles. The zero-order chi connectivity index (χ0) is 57.5. The lowest BCUT2D eigenvalue weighted by Gasteiger charge is -2.12. The molecule has 0 fully saturated rings. The Hall–Kier alpha value is -9.42. The van der Waals surface area contributed by atoms with Gasteiger partial charge in [0.2, 0.25) is 17.8 Å². The highest BCUT2D eigenvalue weighted by molar-refractivity contribution is 7.86. The Morgan fingerprint density at radius 3 is 1.09 bits per heavy atom. The number of Topliss-reactive ketones (excluding diaryl/α,β-unsaturated/α-hetero) is 2. The van der Waals surface area contributed by atoms with Crippen LogP contribution in [0.2, 0.25) is 0 Å². The van der Waals surface area contributed by atoms with E-state index in [-0.39, 0.29) is 85.8 Å². The Morgan fingerprint density at radius 2 is 0.747 bits per heavy atom. The molecule has 406 valence electrons. The number of rotatable bonds is 21. The van der Waals surface area contributed by atoms with Crippen molar-refractivity contribution in [3.63, 3.8) is 0 Å². The Bertz CT molecular complexity index is 3930. The molecule has 1 aromatic heterocycles. The fraction of sp³-hybridized carbons (Fsp3) is 0.0667. The fourth-order valence-electron chi connectivity index (χ4n) is 6.47. The van der Waals surface area contributed by atoms with E-state index in [0.29, 0.717) is 0 Å². The number of anilines is 5. The first-order chi connectivity index (χ1) is 37.1. The summed E-state index contributed by atoms with van der Waals surface area (Å²) in [5.74, 6) is -3.05. The van der Waals surface area contributed by atoms with Crippen LogP contribution in [0.3, 0.4) is 0 Å². The summed E-state index contributed by atoms with van der Waals surface area (Å²) in [4.78, 5) is 47.7. The van der Waals surface area contributed by atoms with Crippen LogP contribution in [0.15, 0.2) is 182 Å². The maximum atomic E-state index is 12.9. The normalized spacial score (nSPS) is 12.4. The summed E-state index contributed by atoms with van der Waals surface area (Å²) in [6, 6.07) is 23.9. The molecule has 0 amide bonds. The van der Waals surface area contributed by atoms with Gasteiger partial charge in [0, 0.05) is 22.5 Å². The van der Waals surface area contributed by atoms with Crippen LogP contribution in [-0.2, 0) is 45.3 Å². The fourth-order valence-corrected chi connectivity index (χ4v) is 8.72. The van der Waals surface area contributed by atoms with Crippen molar-refractivity contribution in [2.24, 2.45) is 40.9 Å². The Balaban J connectivity index is 1.11. The molecule has 8 N–H and O–H groups in total. The molecule has 30 nitrogen and oxygen atoms in total. The number of nitrogens with one attached hydrogen (secondary N) is 3. The molecular weight excluding hydrogens is 1120 g/mol. The minimum absolute atomic E-state index is 0.0577. The highest BCUT2D eigenvalue weighted by Gasteiger charge is 2.21. The van der Waals surface area contributed by atoms with Crippen molar-refractivity contribution in [1.29, 1.82) is 0 Å². The van der Waals surface area contributed by atoms with Crippen molar-refractivity contribution < 1.29 is 71.4 Å². The average Bonchev–Trinajstić information content (AvgIpc) is 3.41. The summed E-state index contributed by atoms with van der Waals surface area (Å²) in [7, 11) is -18.9. The lowest BCUT2D eigenvalue weighted by molar-refractivity contribution is -0.135. The van der Waals surface area contributed by atoms with E-state index in [1.54, 1.807) is 0 Å². The van der Waals surface area contributed by atoms with Crippen molar-refractivity contribution in [1.82, 2.24) is 15.0 Å². The van der Waals surface area contributed by atoms with Gasteiger partial charge in [0.25, 0.3) is 40.5 Å². The van der Waals surface area contributed by atoms with Crippen molar-refractivity contribution in [2.75, 3.05) is 22.5 Å². The zero-order valence-electron chi connectivity index (χ0n) is 40.0. The van der Waals surface area contributed by atoms with Gasteiger partial charge in [-0.05, 0) is 135 Å². The molecule has 0 aliphatic carbocycles. The van der Waals surface area contributed by atoms with Gasteiger partial charge in [-0.2, -0.15) is 69.1 Å². The van der Waals surface area contributed by atoms with Crippen LogP contribution in [0.25, 0.3) is 0 Å². The van der Waals surface area contributed by atoms with E-state index in [4.69, 9.17) is 0 Å². The van der Waals surface area contributed by atoms with E-state index in [1.165, 1.54) is 86.6 Å². The second-order valence-electron chi connectivity index (χ2n) is 15.9. The van der Waals surface area contributed by atoms with Crippen LogP contribution in [0.1, 0.15) is 34.6 Å². The average molecular weight is 1160 g/mol. The molecule has 6 aromatic carbocycles. The molecule has 0 radical (unpaired) electrons. The Morgan fingerprint density at radius 1 is 0.418 bits per heavy atom. The Labute approximate surface area is 446 Å². The second-order valence-corrected chi connectivity index (χ2v) is 21.5. The van der Waals surface area contributed by atoms with Crippen molar-refractivity contribution in [3.05, 3.63) is 132 Å². The molecule has 0 spiro atoms. The summed E-state index contributed by atoms with van der Waals surface area (Å²) in [6.07, 6.45) is 0. The highest BCUT2D eigenvalue weighted by Crippen LogP contribution is 2.36. The number of carbonyl (C=O) groups excluding carboxylic acids is 2. The molecule has 0 aliphatic rings. The molecule has 1 heterocycles. The molecular formula is C45H36N14O16S4. The van der Waals surface area contributed by atoms with Crippen LogP contribution >= 0.6 is 0 Å². The maximum Gasteiger partial charge on any atom is 0.322 e. The third-order valence-electron chi connectivity index (χ3n) is 10.1. The number of azo groups is 4. The molecule has 7 aromatic rings. The van der Waals surface area contributed by atoms with Gasteiger partial charge in [-0.3, -0.25) is 32.6 Å². The van der Waals surface area contributed by atoms with Crippen molar-refractivity contribution in [3.8, 4) is 0 Å². The smallest absolute Gasteiger partial charge is 0.322 e. The molecule has 0 atom stereocenters. The standard InChI is InChI=1S/C45H36N14O16S4/c1-24(60)34-19-28(7-15-36(34)56-58-38-17-9-30(21-40(38)78(70,71)72)54-52-26-3-11-32(12-4-26)76(64,65)66)47-44-49-43(46-23-42(62)63)50-45(51-44)48-29-8-16-37(35(20-29)25(2)61)57-59-39-18-10-31(22-41(39)79(73,74)75)55-53-27-5-13-33(14-6-27)77(67,68)69/h3-22H,23H2,1-2H3,(H,62,63)(H,64,65,66)(H,67,68,69)(H,70,71,72)(H,73,74,75)(H3,46,47,48,49,50,51). The third kappa shape index (κ3) is 15.6. The summed E-state index contributed by atoms with van der Waals surface area (Å²) >= 11 is 0. The number of ketones is 2. The number of carboxylic acid groups (broad SMARTS) is 1. The Kier molecular flexibility index (Phi) is 17.0. The van der Waals surface area contributed by atoms with E-state index >= 15 is 0 Å². The van der Waals surface area contributed by atoms with Gasteiger partial charge < -0.3 is 21.1 Å². The first-order valence-corrected chi connectivity index (χ1v) is 27.5. The highest BCUT2D eigenvalue weighted by atomic mass is 32.2. The largest absolute Gasteiger partial charge is 0.480 e. The van der Waals surface area contributed by atoms with E-state index in [1.807, 2.05) is 0 Å². The monoisotopic (exact) mass is 1160 g/mol. The van der Waals surface area contributed by atoms with Crippen LogP contribution in [0.4, 0.5) is 74.7 Å². The van der Waals surface area contributed by atoms with Gasteiger partial charge in [-0.15, -0.1) is 20.5 Å². The van der Waals surface area contributed by atoms with Crippen LogP contribution < -0.4 is 16.0 Å². The van der Waals surface area contributed by atoms with Gasteiger partial charge >= 0.3 is 5.97 Å². The number of hydrogen-bond acceptors (Lipinski definition) is 25. The van der Waals surface area contributed by atoms with E-state index in [2.05, 4.69) is 71.8 Å². The predicted molar refractivity (Wildman–Crippen MR) is 277 cm³/mol. The molecule has 0 bridgehead atoms. The summed E-state index contributed by atoms with van der Waals surface area (Å²) in [6.45, 7) is 1.76. The van der Waals surface area contributed by atoms with Gasteiger partial charge in [-0.25, -0.2) is 0 Å². The van der Waals surface area contributed by atoms with Crippen molar-refractivity contribution >= 4 is 133 Å². The quantitative estimate of drug-likeness (QED) is 0.0188. The minimum atomic E-state index is -4.96. The molecule has 79 heavy (non-hydrogen) atoms. The first-order valence-electron chi connectivity index (χ1n) is 21.7. The van der Waals surface area contributed by atoms with Crippen LogP contribution in [0.5, 0.6) is 0 Å². The van der Waals surface area contributed by atoms with Gasteiger partial charge in [0.05, 0.1) is 43.9 Å². The molecule has 34 heteroatoms. The molecule has 0 aliphatic heterocycles. The number of aliphatic carboxylic acids is 1. The van der Waals surface area contributed by atoms with Gasteiger partial charge in [0.1, 0.15) is 27.7 Å². The summed E-state index contributed by atoms with van der Waals surface area (Å²) < 4.78 is 133. The van der Waals surface area contributed by atoms with E-state index < -0.39 is 84.1 Å². The second kappa shape index (κ2) is 23.4. The summed E-state index contributed by atoms with van der Waals surface area (Å²) in [5, 5.41) is 49.1. The van der Waals surface area contributed by atoms with Gasteiger partial charge in [-0.1, -0.05) is 0 Å². The predicted octanol–water partition coefficient (Wildman–Crippen LogP) is 9.91. The zero-order valence-corrected chi connectivity index (χ0v) is 43.3. The van der Waals surface area contributed by atoms with Crippen LogP contribution in [0, 0.1) is 0 Å². The number of benzene rings is 6. The number of nitrogens with zero attached hydrogens (tertiary/aromatic N) is 11. The number of carboxylic acids is 1. The number of hydrogen-bond donors (Lipinski definition) is 8. The van der Waals surface area contributed by atoms with E-state index in [9.17, 15) is 71.4 Å². The minimum Gasteiger partial charge on any atom is -0.480 e. The topological polar surface area (TPSA) is 463 Å². The van der Waals surface area contributed by atoms with Crippen LogP contribution in [-0.4, -0.2) is 96.0 Å².